The van der Waals surface area contributed by atoms with Gasteiger partial charge in [0.25, 0.3) is 0 Å². The molecule has 0 saturated heterocycles. The Morgan fingerprint density at radius 3 is 2.67 bits per heavy atom. The van der Waals surface area contributed by atoms with Gasteiger partial charge in [-0.2, -0.15) is 4.68 Å². The monoisotopic (exact) mass is 245 g/mol. The second kappa shape index (κ2) is 5.73. The Morgan fingerprint density at radius 2 is 2.00 bits per heavy atom. The summed E-state index contributed by atoms with van der Waals surface area (Å²) in [4.78, 5) is 9.08. The van der Waals surface area contributed by atoms with Crippen LogP contribution in [0.15, 0.2) is 18.2 Å². The lowest BCUT2D eigenvalue weighted by Crippen LogP contribution is -2.10. The van der Waals surface area contributed by atoms with Crippen molar-refractivity contribution in [3.8, 4) is 5.82 Å². The average molecular weight is 245 g/mol. The highest BCUT2D eigenvalue weighted by Gasteiger charge is 2.10. The quantitative estimate of drug-likeness (QED) is 0.867. The number of aromatic nitrogens is 4. The molecule has 0 aliphatic rings. The van der Waals surface area contributed by atoms with Crippen molar-refractivity contribution in [1.29, 1.82) is 0 Å². The second-order valence-corrected chi connectivity index (χ2v) is 4.08. The van der Waals surface area contributed by atoms with Gasteiger partial charge in [0.1, 0.15) is 5.82 Å². The number of pyridine rings is 1. The van der Waals surface area contributed by atoms with Crippen LogP contribution in [0.25, 0.3) is 5.82 Å². The molecule has 0 aromatic carbocycles. The molecule has 2 heterocycles. The highest BCUT2D eigenvalue weighted by atomic mass is 15.4. The average Bonchev–Trinajstić information content (AvgIpc) is 2.83. The first kappa shape index (κ1) is 12.7. The fraction of sp³-hybridized carbons (Fsp3) is 0.462. The van der Waals surface area contributed by atoms with E-state index in [0.29, 0.717) is 0 Å². The molecule has 2 aromatic rings. The zero-order chi connectivity index (χ0) is 13.0. The van der Waals surface area contributed by atoms with Crippen molar-refractivity contribution >= 4 is 0 Å². The number of nitrogens with zero attached hydrogens (tertiary/aromatic N) is 4. The Kier molecular flexibility index (Phi) is 4.04. The molecule has 18 heavy (non-hydrogen) atoms. The van der Waals surface area contributed by atoms with Crippen LogP contribution >= 0.6 is 0 Å². The van der Waals surface area contributed by atoms with Crippen molar-refractivity contribution in [2.75, 3.05) is 7.05 Å². The van der Waals surface area contributed by atoms with Gasteiger partial charge in [0.15, 0.2) is 11.6 Å². The van der Waals surface area contributed by atoms with Crippen LogP contribution in [0.1, 0.15) is 31.2 Å². The van der Waals surface area contributed by atoms with Crippen molar-refractivity contribution in [3.63, 3.8) is 0 Å². The smallest absolute Gasteiger partial charge is 0.155 e. The van der Waals surface area contributed by atoms with E-state index in [1.807, 2.05) is 29.9 Å². The molecule has 5 heteroatoms. The lowest BCUT2D eigenvalue weighted by molar-refractivity contribution is 0.742. The number of rotatable bonds is 5. The van der Waals surface area contributed by atoms with Crippen LogP contribution in [-0.2, 0) is 19.4 Å². The summed E-state index contributed by atoms with van der Waals surface area (Å²) < 4.78 is 1.85. The van der Waals surface area contributed by atoms with E-state index < -0.39 is 0 Å². The highest BCUT2D eigenvalue weighted by Crippen LogP contribution is 2.09. The van der Waals surface area contributed by atoms with Gasteiger partial charge in [0, 0.05) is 19.4 Å². The number of aryl methyl sites for hydroxylation is 2. The number of hydrogen-bond acceptors (Lipinski definition) is 4. The molecule has 0 bridgehead atoms. The minimum Gasteiger partial charge on any atom is -0.314 e. The first-order chi connectivity index (χ1) is 8.78. The van der Waals surface area contributed by atoms with Gasteiger partial charge in [-0.1, -0.05) is 19.9 Å². The van der Waals surface area contributed by atoms with Crippen molar-refractivity contribution in [3.05, 3.63) is 35.5 Å². The maximum absolute atomic E-state index is 4.59. The van der Waals surface area contributed by atoms with Gasteiger partial charge in [-0.05, 0) is 19.2 Å². The molecule has 2 aromatic heterocycles. The van der Waals surface area contributed by atoms with E-state index in [0.717, 1.165) is 42.5 Å². The standard InChI is InChI=1S/C13H19N5/c1-4-11-16-12(5-2)18(17-11)13-8-6-7-10(15-13)9-14-3/h6-8,14H,4-5,9H2,1-3H3. The maximum atomic E-state index is 4.59. The van der Waals surface area contributed by atoms with E-state index in [2.05, 4.69) is 34.2 Å². The normalized spacial score (nSPS) is 10.8. The zero-order valence-corrected chi connectivity index (χ0v) is 11.1. The Hall–Kier alpha value is -1.75. The summed E-state index contributed by atoms with van der Waals surface area (Å²) in [6, 6.07) is 5.97. The lowest BCUT2D eigenvalue weighted by Gasteiger charge is -2.05. The second-order valence-electron chi connectivity index (χ2n) is 4.08. The molecule has 0 spiro atoms. The molecule has 0 radical (unpaired) electrons. The Balaban J connectivity index is 2.40. The van der Waals surface area contributed by atoms with Crippen LogP contribution in [0.3, 0.4) is 0 Å². The number of nitrogens with one attached hydrogen (secondary N) is 1. The SMILES string of the molecule is CCc1nc(CC)n(-c2cccc(CNC)n2)n1. The molecule has 5 nitrogen and oxygen atoms in total. The van der Waals surface area contributed by atoms with Gasteiger partial charge in [-0.3, -0.25) is 0 Å². The molecule has 0 aliphatic heterocycles. The van der Waals surface area contributed by atoms with E-state index >= 15 is 0 Å². The molecule has 1 N–H and O–H groups in total. The van der Waals surface area contributed by atoms with Gasteiger partial charge in [-0.15, -0.1) is 5.10 Å². The van der Waals surface area contributed by atoms with Crippen LogP contribution in [0.2, 0.25) is 0 Å². The zero-order valence-electron chi connectivity index (χ0n) is 11.1. The molecule has 0 aliphatic carbocycles. The first-order valence-corrected chi connectivity index (χ1v) is 6.34. The summed E-state index contributed by atoms with van der Waals surface area (Å²) in [7, 11) is 1.91. The summed E-state index contributed by atoms with van der Waals surface area (Å²) in [6.07, 6.45) is 1.70. The summed E-state index contributed by atoms with van der Waals surface area (Å²) in [6.45, 7) is 4.89. The van der Waals surface area contributed by atoms with Crippen molar-refractivity contribution in [1.82, 2.24) is 25.1 Å². The predicted octanol–water partition coefficient (Wildman–Crippen LogP) is 1.51. The summed E-state index contributed by atoms with van der Waals surface area (Å²) in [5.74, 6) is 2.67. The van der Waals surface area contributed by atoms with Crippen LogP contribution in [0, 0.1) is 0 Å². The topological polar surface area (TPSA) is 55.6 Å². The molecule has 0 unspecified atom stereocenters. The molecule has 0 amide bonds. The minimum atomic E-state index is 0.755. The Labute approximate surface area is 107 Å². The summed E-state index contributed by atoms with van der Waals surface area (Å²) >= 11 is 0. The highest BCUT2D eigenvalue weighted by molar-refractivity contribution is 5.25. The van der Waals surface area contributed by atoms with Gasteiger partial charge in [0.2, 0.25) is 0 Å². The lowest BCUT2D eigenvalue weighted by atomic mass is 10.3. The molecule has 0 fully saturated rings. The van der Waals surface area contributed by atoms with Crippen LogP contribution in [-0.4, -0.2) is 26.8 Å². The van der Waals surface area contributed by atoms with Crippen LogP contribution < -0.4 is 5.32 Å². The van der Waals surface area contributed by atoms with Gasteiger partial charge in [-0.25, -0.2) is 9.97 Å². The minimum absolute atomic E-state index is 0.755. The fourth-order valence-electron chi connectivity index (χ4n) is 1.82. The van der Waals surface area contributed by atoms with E-state index in [9.17, 15) is 0 Å². The third kappa shape index (κ3) is 2.56. The van der Waals surface area contributed by atoms with E-state index in [1.54, 1.807) is 0 Å². The molecular formula is C13H19N5. The molecule has 2 rings (SSSR count). The molecule has 96 valence electrons. The molecule has 0 saturated carbocycles. The third-order valence-electron chi connectivity index (χ3n) is 2.72. The summed E-state index contributed by atoms with van der Waals surface area (Å²) in [5.41, 5.74) is 1.01. The van der Waals surface area contributed by atoms with Crippen LogP contribution in [0.5, 0.6) is 0 Å². The molecule has 0 atom stereocenters. The van der Waals surface area contributed by atoms with Gasteiger partial charge >= 0.3 is 0 Å². The van der Waals surface area contributed by atoms with Crippen LogP contribution in [0.4, 0.5) is 0 Å². The predicted molar refractivity (Wildman–Crippen MR) is 70.7 cm³/mol. The maximum Gasteiger partial charge on any atom is 0.155 e. The van der Waals surface area contributed by atoms with E-state index in [-0.39, 0.29) is 0 Å². The van der Waals surface area contributed by atoms with Crippen molar-refractivity contribution in [2.45, 2.75) is 33.2 Å². The fourth-order valence-corrected chi connectivity index (χ4v) is 1.82. The third-order valence-corrected chi connectivity index (χ3v) is 2.72. The Bertz CT molecular complexity index is 518. The van der Waals surface area contributed by atoms with E-state index in [4.69, 9.17) is 0 Å². The van der Waals surface area contributed by atoms with Gasteiger partial charge in [0.05, 0.1) is 5.69 Å². The van der Waals surface area contributed by atoms with E-state index in [1.165, 1.54) is 0 Å². The largest absolute Gasteiger partial charge is 0.314 e. The Morgan fingerprint density at radius 1 is 1.17 bits per heavy atom. The molecular weight excluding hydrogens is 226 g/mol. The summed E-state index contributed by atoms with van der Waals surface area (Å²) in [5, 5.41) is 7.59. The van der Waals surface area contributed by atoms with Crippen molar-refractivity contribution in [2.24, 2.45) is 0 Å². The van der Waals surface area contributed by atoms with Crippen molar-refractivity contribution < 1.29 is 0 Å². The first-order valence-electron chi connectivity index (χ1n) is 6.34. The number of hydrogen-bond donors (Lipinski definition) is 1. The van der Waals surface area contributed by atoms with Gasteiger partial charge < -0.3 is 5.32 Å².